The molecule has 8 heteroatoms. The van der Waals surface area contributed by atoms with Crippen LogP contribution in [0.15, 0.2) is 30.3 Å². The summed E-state index contributed by atoms with van der Waals surface area (Å²) in [7, 11) is 0. The van der Waals surface area contributed by atoms with Crippen LogP contribution in [0.25, 0.3) is 0 Å². The molecule has 1 heterocycles. The van der Waals surface area contributed by atoms with Crippen LogP contribution in [0, 0.1) is 0 Å². The molecule has 1 N–H and O–H groups in total. The summed E-state index contributed by atoms with van der Waals surface area (Å²) < 4.78 is 22.1. The van der Waals surface area contributed by atoms with Crippen LogP contribution >= 0.6 is 0 Å². The minimum absolute atomic E-state index is 0.152. The smallest absolute Gasteiger partial charge is 0.407 e. The lowest BCUT2D eigenvalue weighted by Crippen LogP contribution is -2.40. The molecular weight excluding hydrogens is 412 g/mol. The molecular formula is C24H38N2O6. The SMILES string of the molecule is CC(C)(C)OC(=O)NCCN(CCOC1CCCCO1)CCC(=O)OCc1ccccc1. The van der Waals surface area contributed by atoms with Crippen molar-refractivity contribution in [2.75, 3.05) is 39.4 Å². The second-order valence-corrected chi connectivity index (χ2v) is 8.83. The number of ether oxygens (including phenoxy) is 4. The summed E-state index contributed by atoms with van der Waals surface area (Å²) in [4.78, 5) is 26.1. The van der Waals surface area contributed by atoms with Gasteiger partial charge in [-0.15, -0.1) is 0 Å². The first-order chi connectivity index (χ1) is 15.3. The second-order valence-electron chi connectivity index (χ2n) is 8.83. The molecule has 0 bridgehead atoms. The van der Waals surface area contributed by atoms with Crippen LogP contribution in [0.3, 0.4) is 0 Å². The topological polar surface area (TPSA) is 86.3 Å². The fourth-order valence-electron chi connectivity index (χ4n) is 3.18. The van der Waals surface area contributed by atoms with Crippen molar-refractivity contribution in [1.29, 1.82) is 0 Å². The molecule has 1 saturated heterocycles. The molecule has 2 rings (SSSR count). The summed E-state index contributed by atoms with van der Waals surface area (Å²) in [5.41, 5.74) is 0.417. The van der Waals surface area contributed by atoms with Crippen molar-refractivity contribution in [1.82, 2.24) is 10.2 Å². The Morgan fingerprint density at radius 1 is 1.12 bits per heavy atom. The molecule has 0 saturated carbocycles. The molecule has 0 aromatic heterocycles. The van der Waals surface area contributed by atoms with E-state index in [1.807, 2.05) is 51.1 Å². The van der Waals surface area contributed by atoms with Gasteiger partial charge in [-0.3, -0.25) is 9.69 Å². The van der Waals surface area contributed by atoms with Crippen LogP contribution in [0.2, 0.25) is 0 Å². The first kappa shape index (κ1) is 26.1. The predicted octanol–water partition coefficient (Wildman–Crippen LogP) is 3.49. The standard InChI is InChI=1S/C24H38N2O6/c1-24(2,3)32-23(28)25-13-15-26(16-18-30-22-11-7-8-17-29-22)14-12-21(27)31-19-20-9-5-4-6-10-20/h4-6,9-10,22H,7-8,11-19H2,1-3H3,(H,25,28). The van der Waals surface area contributed by atoms with E-state index in [-0.39, 0.29) is 25.3 Å². The Balaban J connectivity index is 1.73. The molecule has 1 aromatic carbocycles. The van der Waals surface area contributed by atoms with Crippen LogP contribution in [0.5, 0.6) is 0 Å². The molecule has 180 valence electrons. The summed E-state index contributed by atoms with van der Waals surface area (Å²) in [6.45, 7) is 9.09. The maximum Gasteiger partial charge on any atom is 0.407 e. The van der Waals surface area contributed by atoms with Crippen LogP contribution in [0.1, 0.15) is 52.0 Å². The summed E-state index contributed by atoms with van der Waals surface area (Å²) in [6, 6.07) is 9.60. The lowest BCUT2D eigenvalue weighted by Gasteiger charge is -2.26. The van der Waals surface area contributed by atoms with Crippen LogP contribution < -0.4 is 5.32 Å². The van der Waals surface area contributed by atoms with Crippen LogP contribution in [0.4, 0.5) is 4.79 Å². The van der Waals surface area contributed by atoms with E-state index >= 15 is 0 Å². The third-order valence-corrected chi connectivity index (χ3v) is 4.82. The Labute approximate surface area is 191 Å². The number of hydrogen-bond donors (Lipinski definition) is 1. The van der Waals surface area contributed by atoms with Gasteiger partial charge in [0.25, 0.3) is 0 Å². The van der Waals surface area contributed by atoms with Crippen molar-refractivity contribution in [3.8, 4) is 0 Å². The van der Waals surface area contributed by atoms with E-state index in [1.54, 1.807) is 0 Å². The van der Waals surface area contributed by atoms with Gasteiger partial charge in [0, 0.05) is 32.8 Å². The van der Waals surface area contributed by atoms with Crippen molar-refractivity contribution in [3.05, 3.63) is 35.9 Å². The van der Waals surface area contributed by atoms with E-state index < -0.39 is 11.7 Å². The van der Waals surface area contributed by atoms with Gasteiger partial charge < -0.3 is 24.3 Å². The first-order valence-corrected chi connectivity index (χ1v) is 11.4. The summed E-state index contributed by atoms with van der Waals surface area (Å²) >= 11 is 0. The van der Waals surface area contributed by atoms with Crippen molar-refractivity contribution >= 4 is 12.1 Å². The number of nitrogens with one attached hydrogen (secondary N) is 1. The number of alkyl carbamates (subject to hydrolysis) is 1. The Hall–Kier alpha value is -2.16. The van der Waals surface area contributed by atoms with Crippen molar-refractivity contribution in [2.45, 2.75) is 65.0 Å². The number of esters is 1. The lowest BCUT2D eigenvalue weighted by molar-refractivity contribution is -0.164. The van der Waals surface area contributed by atoms with Crippen molar-refractivity contribution < 1.29 is 28.5 Å². The monoisotopic (exact) mass is 450 g/mol. The number of nitrogens with zero attached hydrogens (tertiary/aromatic N) is 1. The second kappa shape index (κ2) is 14.1. The van der Waals surface area contributed by atoms with Crippen LogP contribution in [-0.4, -0.2) is 68.2 Å². The van der Waals surface area contributed by atoms with Gasteiger partial charge in [0.1, 0.15) is 12.2 Å². The maximum atomic E-state index is 12.2. The highest BCUT2D eigenvalue weighted by molar-refractivity contribution is 5.69. The van der Waals surface area contributed by atoms with Crippen LogP contribution in [-0.2, 0) is 30.3 Å². The molecule has 0 spiro atoms. The zero-order valence-electron chi connectivity index (χ0n) is 19.6. The summed E-state index contributed by atoms with van der Waals surface area (Å²) in [5.74, 6) is -0.254. The highest BCUT2D eigenvalue weighted by Crippen LogP contribution is 2.13. The average Bonchev–Trinajstić information content (AvgIpc) is 2.76. The molecule has 1 aliphatic heterocycles. The fourth-order valence-corrected chi connectivity index (χ4v) is 3.18. The van der Waals surface area contributed by atoms with E-state index in [0.717, 1.165) is 31.4 Å². The van der Waals surface area contributed by atoms with Gasteiger partial charge in [0.15, 0.2) is 6.29 Å². The van der Waals surface area contributed by atoms with Gasteiger partial charge in [0.05, 0.1) is 13.0 Å². The quantitative estimate of drug-likeness (QED) is 0.488. The predicted molar refractivity (Wildman–Crippen MR) is 121 cm³/mol. The van der Waals surface area contributed by atoms with Gasteiger partial charge >= 0.3 is 12.1 Å². The van der Waals surface area contributed by atoms with E-state index in [2.05, 4.69) is 10.2 Å². The molecule has 0 aliphatic carbocycles. The van der Waals surface area contributed by atoms with E-state index in [9.17, 15) is 9.59 Å². The number of hydrogen-bond acceptors (Lipinski definition) is 7. The molecule has 1 amide bonds. The zero-order chi connectivity index (χ0) is 23.2. The molecule has 1 unspecified atom stereocenters. The fraction of sp³-hybridized carbons (Fsp3) is 0.667. The Kier molecular flexibility index (Phi) is 11.5. The normalized spacial score (nSPS) is 16.6. The zero-order valence-corrected chi connectivity index (χ0v) is 19.6. The molecule has 1 fully saturated rings. The molecule has 1 atom stereocenters. The van der Waals surface area contributed by atoms with Gasteiger partial charge in [-0.25, -0.2) is 4.79 Å². The van der Waals surface area contributed by atoms with Gasteiger partial charge in [-0.1, -0.05) is 30.3 Å². The number of carbonyl (C=O) groups excluding carboxylic acids is 2. The molecule has 1 aromatic rings. The maximum absolute atomic E-state index is 12.2. The van der Waals surface area contributed by atoms with Crippen molar-refractivity contribution in [2.24, 2.45) is 0 Å². The van der Waals surface area contributed by atoms with Gasteiger partial charge in [-0.2, -0.15) is 0 Å². The molecule has 1 aliphatic rings. The molecule has 0 radical (unpaired) electrons. The first-order valence-electron chi connectivity index (χ1n) is 11.4. The van der Waals surface area contributed by atoms with Crippen molar-refractivity contribution in [3.63, 3.8) is 0 Å². The highest BCUT2D eigenvalue weighted by Gasteiger charge is 2.17. The minimum atomic E-state index is -0.542. The lowest BCUT2D eigenvalue weighted by atomic mass is 10.2. The third-order valence-electron chi connectivity index (χ3n) is 4.82. The van der Waals surface area contributed by atoms with E-state index in [0.29, 0.717) is 32.8 Å². The number of amides is 1. The Morgan fingerprint density at radius 3 is 2.59 bits per heavy atom. The molecule has 32 heavy (non-hydrogen) atoms. The highest BCUT2D eigenvalue weighted by atomic mass is 16.7. The van der Waals surface area contributed by atoms with E-state index in [1.165, 1.54) is 0 Å². The third kappa shape index (κ3) is 12.0. The molecule has 8 nitrogen and oxygen atoms in total. The largest absolute Gasteiger partial charge is 0.461 e. The summed E-state index contributed by atoms with van der Waals surface area (Å²) in [5, 5.41) is 2.76. The average molecular weight is 451 g/mol. The van der Waals surface area contributed by atoms with Gasteiger partial charge in [-0.05, 0) is 45.6 Å². The minimum Gasteiger partial charge on any atom is -0.461 e. The number of benzene rings is 1. The summed E-state index contributed by atoms with van der Waals surface area (Å²) in [6.07, 6.45) is 2.76. The Bertz CT molecular complexity index is 671. The van der Waals surface area contributed by atoms with E-state index in [4.69, 9.17) is 18.9 Å². The van der Waals surface area contributed by atoms with Gasteiger partial charge in [0.2, 0.25) is 0 Å². The number of rotatable bonds is 12. The number of carbonyl (C=O) groups is 2. The Morgan fingerprint density at radius 2 is 1.91 bits per heavy atom.